The van der Waals surface area contributed by atoms with E-state index in [1.807, 2.05) is 6.92 Å². The Morgan fingerprint density at radius 2 is 1.67 bits per heavy atom. The average molecular weight is 306 g/mol. The molecule has 0 bridgehead atoms. The van der Waals surface area contributed by atoms with E-state index in [1.54, 1.807) is 42.5 Å². The van der Waals surface area contributed by atoms with Crippen molar-refractivity contribution < 1.29 is 9.53 Å². The molecule has 0 aliphatic carbocycles. The zero-order valence-corrected chi connectivity index (χ0v) is 12.2. The summed E-state index contributed by atoms with van der Waals surface area (Å²) in [6, 6.07) is 11.4. The van der Waals surface area contributed by atoms with Gasteiger partial charge < -0.3 is 16.2 Å². The van der Waals surface area contributed by atoms with Gasteiger partial charge in [0.05, 0.1) is 5.56 Å². The zero-order chi connectivity index (χ0) is 14.7. The van der Waals surface area contributed by atoms with Gasteiger partial charge in [-0.15, -0.1) is 12.4 Å². The summed E-state index contributed by atoms with van der Waals surface area (Å²) in [4.78, 5) is 12.0. The van der Waals surface area contributed by atoms with Gasteiger partial charge in [0.25, 0.3) is 0 Å². The molecular weight excluding hydrogens is 290 g/mol. The zero-order valence-electron chi connectivity index (χ0n) is 11.4. The van der Waals surface area contributed by atoms with Crippen LogP contribution in [0.15, 0.2) is 42.5 Å². The predicted octanol–water partition coefficient (Wildman–Crippen LogP) is 2.50. The minimum Gasteiger partial charge on any atom is -0.423 e. The highest BCUT2D eigenvalue weighted by molar-refractivity contribution is 5.95. The van der Waals surface area contributed by atoms with Crippen molar-refractivity contribution in [1.29, 1.82) is 5.41 Å². The van der Waals surface area contributed by atoms with E-state index in [-0.39, 0.29) is 18.2 Å². The van der Waals surface area contributed by atoms with E-state index < -0.39 is 5.97 Å². The number of amidine groups is 1. The number of anilines is 1. The fourth-order valence-corrected chi connectivity index (χ4v) is 1.67. The molecule has 0 aliphatic rings. The molecule has 0 aliphatic heterocycles. The minimum atomic E-state index is -0.455. The lowest BCUT2D eigenvalue weighted by Crippen LogP contribution is -2.11. The number of hydrogen-bond donors (Lipinski definition) is 3. The van der Waals surface area contributed by atoms with Crippen molar-refractivity contribution in [2.24, 2.45) is 5.73 Å². The molecule has 0 saturated carbocycles. The highest BCUT2D eigenvalue weighted by atomic mass is 35.5. The average Bonchev–Trinajstić information content (AvgIpc) is 2.42. The molecule has 0 fully saturated rings. The van der Waals surface area contributed by atoms with Crippen LogP contribution in [0.2, 0.25) is 0 Å². The number of halogens is 1. The van der Waals surface area contributed by atoms with Gasteiger partial charge in [-0.3, -0.25) is 5.41 Å². The summed E-state index contributed by atoms with van der Waals surface area (Å²) in [5, 5.41) is 7.28. The Labute approximate surface area is 128 Å². The number of hydrogen-bond acceptors (Lipinski definition) is 4. The van der Waals surface area contributed by atoms with Crippen LogP contribution < -0.4 is 16.2 Å². The molecule has 5 nitrogen and oxygen atoms in total. The van der Waals surface area contributed by atoms with Crippen molar-refractivity contribution in [3.8, 4) is 5.75 Å². The van der Waals surface area contributed by atoms with Gasteiger partial charge in [-0.1, -0.05) is 0 Å². The van der Waals surface area contributed by atoms with Gasteiger partial charge in [-0.2, -0.15) is 0 Å². The van der Waals surface area contributed by atoms with Gasteiger partial charge in [-0.25, -0.2) is 4.79 Å². The molecule has 0 atom stereocenters. The number of ether oxygens (including phenoxy) is 1. The maximum absolute atomic E-state index is 12.0. The largest absolute Gasteiger partial charge is 0.423 e. The van der Waals surface area contributed by atoms with Crippen molar-refractivity contribution in [3.05, 3.63) is 59.2 Å². The molecule has 0 aromatic heterocycles. The van der Waals surface area contributed by atoms with Crippen LogP contribution in [0, 0.1) is 12.3 Å². The normalized spacial score (nSPS) is 9.57. The minimum absolute atomic E-state index is 0. The first-order chi connectivity index (χ1) is 9.47. The third-order valence-corrected chi connectivity index (χ3v) is 2.88. The Morgan fingerprint density at radius 3 is 2.19 bits per heavy atom. The summed E-state index contributed by atoms with van der Waals surface area (Å²) in [6.45, 7) is 1.83. The molecule has 2 aromatic carbocycles. The Bertz CT molecular complexity index is 669. The smallest absolute Gasteiger partial charge is 0.343 e. The maximum atomic E-state index is 12.0. The highest BCUT2D eigenvalue weighted by Gasteiger charge is 2.10. The molecule has 110 valence electrons. The molecule has 0 saturated heterocycles. The van der Waals surface area contributed by atoms with Crippen molar-refractivity contribution in [1.82, 2.24) is 0 Å². The number of nitrogens with one attached hydrogen (secondary N) is 1. The topological polar surface area (TPSA) is 102 Å². The molecule has 0 amide bonds. The van der Waals surface area contributed by atoms with Gasteiger partial charge in [0, 0.05) is 11.3 Å². The molecule has 21 heavy (non-hydrogen) atoms. The number of esters is 1. The second-order valence-electron chi connectivity index (χ2n) is 4.40. The Kier molecular flexibility index (Phi) is 5.32. The lowest BCUT2D eigenvalue weighted by molar-refractivity contribution is 0.0734. The molecule has 5 N–H and O–H groups in total. The Morgan fingerprint density at radius 1 is 1.10 bits per heavy atom. The number of nitrogen functional groups attached to an aromatic ring is 2. The van der Waals surface area contributed by atoms with Crippen molar-refractivity contribution in [3.63, 3.8) is 0 Å². The molecule has 0 spiro atoms. The predicted molar refractivity (Wildman–Crippen MR) is 85.3 cm³/mol. The van der Waals surface area contributed by atoms with Gasteiger partial charge >= 0.3 is 5.97 Å². The van der Waals surface area contributed by atoms with E-state index in [0.717, 1.165) is 5.56 Å². The first-order valence-corrected chi connectivity index (χ1v) is 6.00. The highest BCUT2D eigenvalue weighted by Crippen LogP contribution is 2.17. The van der Waals surface area contributed by atoms with Crippen molar-refractivity contribution in [2.75, 3.05) is 5.73 Å². The number of carbonyl (C=O) groups excluding carboxylic acids is 1. The second kappa shape index (κ2) is 6.76. The Hall–Kier alpha value is -2.53. The number of rotatable bonds is 3. The quantitative estimate of drug-likeness (QED) is 0.266. The summed E-state index contributed by atoms with van der Waals surface area (Å²) < 4.78 is 5.24. The second-order valence-corrected chi connectivity index (χ2v) is 4.40. The lowest BCUT2D eigenvalue weighted by Gasteiger charge is -2.07. The molecular formula is C15H16ClN3O2. The first-order valence-electron chi connectivity index (χ1n) is 6.00. The van der Waals surface area contributed by atoms with E-state index >= 15 is 0 Å². The molecule has 0 heterocycles. The summed E-state index contributed by atoms with van der Waals surface area (Å²) >= 11 is 0. The van der Waals surface area contributed by atoms with Crippen LogP contribution in [-0.4, -0.2) is 11.8 Å². The summed E-state index contributed by atoms with van der Waals surface area (Å²) in [5.41, 5.74) is 13.5. The summed E-state index contributed by atoms with van der Waals surface area (Å²) in [7, 11) is 0. The maximum Gasteiger partial charge on any atom is 0.343 e. The van der Waals surface area contributed by atoms with Crippen LogP contribution in [0.3, 0.4) is 0 Å². The molecule has 2 rings (SSSR count). The number of aryl methyl sites for hydroxylation is 1. The van der Waals surface area contributed by atoms with Gasteiger partial charge in [0.2, 0.25) is 0 Å². The van der Waals surface area contributed by atoms with Gasteiger partial charge in [0.15, 0.2) is 0 Å². The van der Waals surface area contributed by atoms with E-state index in [2.05, 4.69) is 0 Å². The molecule has 0 unspecified atom stereocenters. The van der Waals surface area contributed by atoms with Crippen molar-refractivity contribution in [2.45, 2.75) is 6.92 Å². The van der Waals surface area contributed by atoms with Crippen molar-refractivity contribution >= 4 is 29.9 Å². The number of benzene rings is 2. The van der Waals surface area contributed by atoms with Crippen LogP contribution in [-0.2, 0) is 0 Å². The van der Waals surface area contributed by atoms with E-state index in [9.17, 15) is 4.79 Å². The monoisotopic (exact) mass is 305 g/mol. The van der Waals surface area contributed by atoms with Crippen LogP contribution in [0.4, 0.5) is 5.69 Å². The van der Waals surface area contributed by atoms with Gasteiger partial charge in [-0.05, 0) is 55.0 Å². The van der Waals surface area contributed by atoms with Crippen LogP contribution in [0.1, 0.15) is 21.5 Å². The van der Waals surface area contributed by atoms with Crippen LogP contribution >= 0.6 is 12.4 Å². The first kappa shape index (κ1) is 16.5. The third-order valence-electron chi connectivity index (χ3n) is 2.88. The lowest BCUT2D eigenvalue weighted by atomic mass is 10.1. The fourth-order valence-electron chi connectivity index (χ4n) is 1.67. The Balaban J connectivity index is 0.00000220. The van der Waals surface area contributed by atoms with Gasteiger partial charge in [0.1, 0.15) is 11.6 Å². The van der Waals surface area contributed by atoms with Crippen LogP contribution in [0.5, 0.6) is 5.75 Å². The van der Waals surface area contributed by atoms with E-state index in [0.29, 0.717) is 22.6 Å². The van der Waals surface area contributed by atoms with E-state index in [4.69, 9.17) is 21.6 Å². The van der Waals surface area contributed by atoms with E-state index in [1.165, 1.54) is 0 Å². The molecule has 6 heteroatoms. The number of nitrogens with two attached hydrogens (primary N) is 2. The number of carbonyl (C=O) groups is 1. The third kappa shape index (κ3) is 3.97. The fraction of sp³-hybridized carbons (Fsp3) is 0.0667. The standard InChI is InChI=1S/C15H15N3O2.ClH/c1-9-8-11(4-7-13(9)16)15(19)20-12-5-2-10(3-6-12)14(17)18;/h2-8H,16H2,1H3,(H3,17,18);1H. The summed E-state index contributed by atoms with van der Waals surface area (Å²) in [6.07, 6.45) is 0. The summed E-state index contributed by atoms with van der Waals surface area (Å²) in [5.74, 6) is -0.0878. The van der Waals surface area contributed by atoms with Crippen LogP contribution in [0.25, 0.3) is 0 Å². The molecule has 0 radical (unpaired) electrons. The SMILES string of the molecule is Cc1cc(C(=O)Oc2ccc(C(=N)N)cc2)ccc1N.Cl. The molecule has 2 aromatic rings.